The van der Waals surface area contributed by atoms with E-state index in [4.69, 9.17) is 4.74 Å². The molecule has 0 spiro atoms. The molecule has 1 atom stereocenters. The average Bonchev–Trinajstić information content (AvgIpc) is 3.13. The molecule has 2 aliphatic rings. The molecule has 1 N–H and O–H groups in total. The Morgan fingerprint density at radius 3 is 2.46 bits per heavy atom. The van der Waals surface area contributed by atoms with Crippen LogP contribution in [-0.4, -0.2) is 56.0 Å². The summed E-state index contributed by atoms with van der Waals surface area (Å²) in [5.74, 6) is -1.32. The van der Waals surface area contributed by atoms with Crippen molar-refractivity contribution in [3.8, 4) is 0 Å². The lowest BCUT2D eigenvalue weighted by molar-refractivity contribution is -0.908. The van der Waals surface area contributed by atoms with E-state index in [0.717, 1.165) is 50.4 Å². The highest BCUT2D eigenvalue weighted by atomic mass is 16.5. The number of nitrogens with zero attached hydrogens (tertiary/aromatic N) is 1. The number of rotatable bonds is 9. The molecule has 0 aliphatic carbocycles. The minimum absolute atomic E-state index is 0.0400. The van der Waals surface area contributed by atoms with Crippen molar-refractivity contribution in [3.05, 3.63) is 88.7 Å². The fraction of sp³-hybridized carbons (Fsp3) is 0.379. The molecular weight excluding hydrogens is 440 g/mol. The molecular formula is C29H34N2O4. The van der Waals surface area contributed by atoms with Crippen LogP contribution < -0.4 is 10.0 Å². The molecule has 6 heteroatoms. The molecule has 2 aromatic carbocycles. The summed E-state index contributed by atoms with van der Waals surface area (Å²) in [4.78, 5) is 29.4. The fourth-order valence-electron chi connectivity index (χ4n) is 4.77. The highest BCUT2D eigenvalue weighted by Gasteiger charge is 2.38. The van der Waals surface area contributed by atoms with Gasteiger partial charge in [-0.2, -0.15) is 0 Å². The first-order valence-electron chi connectivity index (χ1n) is 12.5. The molecule has 0 bridgehead atoms. The molecule has 1 fully saturated rings. The number of morpholine rings is 1. The quantitative estimate of drug-likeness (QED) is 0.564. The number of benzene rings is 2. The highest BCUT2D eigenvalue weighted by molar-refractivity contribution is 6.14. The van der Waals surface area contributed by atoms with E-state index >= 15 is 0 Å². The topological polar surface area (TPSA) is 74.1 Å². The smallest absolute Gasteiger partial charge is 0.239 e. The number of allylic oxidation sites excluding steroid dienone is 1. The van der Waals surface area contributed by atoms with Crippen molar-refractivity contribution in [3.63, 3.8) is 0 Å². The van der Waals surface area contributed by atoms with Gasteiger partial charge in [-0.05, 0) is 34.4 Å². The van der Waals surface area contributed by atoms with Gasteiger partial charge in [-0.3, -0.25) is 9.59 Å². The third-order valence-electron chi connectivity index (χ3n) is 6.83. The monoisotopic (exact) mass is 474 g/mol. The summed E-state index contributed by atoms with van der Waals surface area (Å²) in [6.07, 6.45) is 3.86. The molecule has 0 radical (unpaired) electrons. The van der Waals surface area contributed by atoms with Crippen molar-refractivity contribution in [1.82, 2.24) is 4.90 Å². The Labute approximate surface area is 207 Å². The zero-order chi connectivity index (χ0) is 24.8. The van der Waals surface area contributed by atoms with Crippen molar-refractivity contribution in [2.45, 2.75) is 32.2 Å². The second-order valence-corrected chi connectivity index (χ2v) is 9.54. The first kappa shape index (κ1) is 24.9. The summed E-state index contributed by atoms with van der Waals surface area (Å²) < 4.78 is 5.43. The standard InChI is InChI=1S/C29H34N2O4/c1-21(2)23-10-12-24(13-11-23)27-26(25(32)14-9-22-7-4-3-5-8-22)28(33)29(34)31(27)16-6-15-30-17-19-35-20-18-30/h3-5,7-14,21,27,33H,6,15-20H2,1-2H3. The van der Waals surface area contributed by atoms with Gasteiger partial charge in [0.25, 0.3) is 0 Å². The van der Waals surface area contributed by atoms with Gasteiger partial charge in [0.2, 0.25) is 5.91 Å². The summed E-state index contributed by atoms with van der Waals surface area (Å²) in [6, 6.07) is 16.7. The van der Waals surface area contributed by atoms with Crippen LogP contribution in [0.4, 0.5) is 0 Å². The Balaban J connectivity index is 1.58. The van der Waals surface area contributed by atoms with E-state index in [1.54, 1.807) is 11.0 Å². The van der Waals surface area contributed by atoms with Crippen LogP contribution in [0.25, 0.3) is 6.08 Å². The van der Waals surface area contributed by atoms with Crippen LogP contribution in [-0.2, 0) is 14.3 Å². The largest absolute Gasteiger partial charge is 0.868 e. The van der Waals surface area contributed by atoms with E-state index in [-0.39, 0.29) is 5.57 Å². The molecule has 1 saturated heterocycles. The summed E-state index contributed by atoms with van der Waals surface area (Å²) in [6.45, 7) is 8.98. The molecule has 2 heterocycles. The van der Waals surface area contributed by atoms with E-state index in [9.17, 15) is 14.7 Å². The van der Waals surface area contributed by atoms with E-state index < -0.39 is 23.5 Å². The molecule has 1 unspecified atom stereocenters. The zero-order valence-electron chi connectivity index (χ0n) is 20.5. The Kier molecular flexibility index (Phi) is 8.16. The Morgan fingerprint density at radius 1 is 1.11 bits per heavy atom. The van der Waals surface area contributed by atoms with Crippen LogP contribution in [0.3, 0.4) is 0 Å². The maximum atomic E-state index is 13.3. The molecule has 0 aromatic heterocycles. The Morgan fingerprint density at radius 2 is 1.80 bits per heavy atom. The van der Waals surface area contributed by atoms with Gasteiger partial charge in [0.15, 0.2) is 5.78 Å². The van der Waals surface area contributed by atoms with Gasteiger partial charge in [0.05, 0.1) is 25.8 Å². The number of hydrogen-bond donors (Lipinski definition) is 1. The number of ketones is 1. The van der Waals surface area contributed by atoms with Gasteiger partial charge in [0, 0.05) is 18.5 Å². The van der Waals surface area contributed by atoms with E-state index in [2.05, 4.69) is 13.8 Å². The number of hydrogen-bond acceptors (Lipinski definition) is 4. The fourth-order valence-corrected chi connectivity index (χ4v) is 4.77. The van der Waals surface area contributed by atoms with Crippen molar-refractivity contribution in [2.24, 2.45) is 0 Å². The number of ether oxygens (including phenoxy) is 1. The summed E-state index contributed by atoms with van der Waals surface area (Å²) >= 11 is 0. The van der Waals surface area contributed by atoms with Crippen LogP contribution >= 0.6 is 0 Å². The molecule has 35 heavy (non-hydrogen) atoms. The first-order valence-corrected chi connectivity index (χ1v) is 12.5. The first-order chi connectivity index (χ1) is 17.0. The predicted molar refractivity (Wildman–Crippen MR) is 133 cm³/mol. The van der Waals surface area contributed by atoms with Gasteiger partial charge in [-0.15, -0.1) is 0 Å². The number of carbonyl (C=O) groups is 2. The van der Waals surface area contributed by atoms with Gasteiger partial charge in [-0.25, -0.2) is 0 Å². The SMILES string of the molecule is CC(C)c1ccc(C2C(C(=O)C=Cc3ccccc3)=C([O-])C(=O)N2CCC[NH+]2CCOCC2)cc1. The number of nitrogens with one attached hydrogen (secondary N) is 1. The predicted octanol–water partition coefficient (Wildman–Crippen LogP) is 1.90. The molecule has 2 aliphatic heterocycles. The summed E-state index contributed by atoms with van der Waals surface area (Å²) in [5, 5.41) is 13.1. The lowest BCUT2D eigenvalue weighted by atomic mass is 9.93. The highest BCUT2D eigenvalue weighted by Crippen LogP contribution is 2.37. The van der Waals surface area contributed by atoms with Crippen LogP contribution in [0.5, 0.6) is 0 Å². The Bertz CT molecular complexity index is 1080. The second-order valence-electron chi connectivity index (χ2n) is 9.54. The third kappa shape index (κ3) is 5.89. The number of quaternary nitrogens is 1. The van der Waals surface area contributed by atoms with Gasteiger partial charge in [0.1, 0.15) is 13.1 Å². The van der Waals surface area contributed by atoms with Gasteiger partial charge < -0.3 is 19.6 Å². The van der Waals surface area contributed by atoms with Crippen LogP contribution in [0, 0.1) is 0 Å². The summed E-state index contributed by atoms with van der Waals surface area (Å²) in [5.41, 5.74) is 2.87. The lowest BCUT2D eigenvalue weighted by Crippen LogP contribution is -3.14. The number of carbonyl (C=O) groups excluding carboxylic acids is 2. The van der Waals surface area contributed by atoms with Crippen molar-refractivity contribution in [2.75, 3.05) is 39.4 Å². The van der Waals surface area contributed by atoms with E-state index in [1.165, 1.54) is 16.5 Å². The Hall–Kier alpha value is -3.22. The third-order valence-corrected chi connectivity index (χ3v) is 6.83. The van der Waals surface area contributed by atoms with Crippen LogP contribution in [0.1, 0.15) is 48.9 Å². The minimum Gasteiger partial charge on any atom is -0.868 e. The van der Waals surface area contributed by atoms with Gasteiger partial charge >= 0.3 is 0 Å². The molecule has 0 saturated carbocycles. The maximum absolute atomic E-state index is 13.3. The van der Waals surface area contributed by atoms with Crippen molar-refractivity contribution < 1.29 is 24.3 Å². The normalized spacial score (nSPS) is 19.3. The maximum Gasteiger partial charge on any atom is 0.239 e. The molecule has 2 aromatic rings. The van der Waals surface area contributed by atoms with Crippen LogP contribution in [0.2, 0.25) is 0 Å². The molecule has 1 amide bonds. The number of amides is 1. The minimum atomic E-state index is -0.690. The molecule has 4 rings (SSSR count). The van der Waals surface area contributed by atoms with Gasteiger partial charge in [-0.1, -0.05) is 74.5 Å². The van der Waals surface area contributed by atoms with Crippen molar-refractivity contribution >= 4 is 17.8 Å². The van der Waals surface area contributed by atoms with E-state index in [1.807, 2.05) is 54.6 Å². The summed E-state index contributed by atoms with van der Waals surface area (Å²) in [7, 11) is 0. The zero-order valence-corrected chi connectivity index (χ0v) is 20.5. The van der Waals surface area contributed by atoms with Crippen molar-refractivity contribution in [1.29, 1.82) is 0 Å². The average molecular weight is 475 g/mol. The molecule has 6 nitrogen and oxygen atoms in total. The second kappa shape index (κ2) is 11.5. The lowest BCUT2D eigenvalue weighted by Gasteiger charge is -2.29. The van der Waals surface area contributed by atoms with Crippen LogP contribution in [0.15, 0.2) is 72.0 Å². The van der Waals surface area contributed by atoms with E-state index in [0.29, 0.717) is 12.5 Å². The molecule has 184 valence electrons.